The van der Waals surface area contributed by atoms with Crippen LogP contribution in [0.15, 0.2) is 91.0 Å². The Labute approximate surface area is 184 Å². The minimum Gasteiger partial charge on any atom is -0.0616 e. The molecule has 0 aromatic heterocycles. The molecule has 0 unspecified atom stereocenters. The second-order valence-electron chi connectivity index (χ2n) is 8.86. The highest BCUT2D eigenvalue weighted by molar-refractivity contribution is 6.21. The summed E-state index contributed by atoms with van der Waals surface area (Å²) in [4.78, 5) is 0. The molecule has 0 heteroatoms. The third kappa shape index (κ3) is 2.98. The molecule has 0 N–H and O–H groups in total. The van der Waals surface area contributed by atoms with E-state index < -0.39 is 0 Å². The lowest BCUT2D eigenvalue weighted by atomic mass is 9.81. The van der Waals surface area contributed by atoms with Crippen LogP contribution in [0.5, 0.6) is 0 Å². The molecule has 0 spiro atoms. The molecule has 1 aliphatic rings. The van der Waals surface area contributed by atoms with Gasteiger partial charge in [-0.2, -0.15) is 0 Å². The average Bonchev–Trinajstić information content (AvgIpc) is 2.83. The maximum absolute atomic E-state index is 2.35. The summed E-state index contributed by atoms with van der Waals surface area (Å²) in [5, 5.41) is 5.40. The van der Waals surface area contributed by atoms with Crippen molar-refractivity contribution in [1.82, 2.24) is 0 Å². The molecule has 0 heterocycles. The molecule has 0 aliphatic heterocycles. The Kier molecular flexibility index (Phi) is 4.39. The lowest BCUT2D eigenvalue weighted by Gasteiger charge is -2.23. The van der Waals surface area contributed by atoms with Gasteiger partial charge in [0.1, 0.15) is 0 Å². The van der Waals surface area contributed by atoms with Crippen LogP contribution in [-0.2, 0) is 12.8 Å². The van der Waals surface area contributed by atoms with Crippen molar-refractivity contribution in [1.29, 1.82) is 0 Å². The van der Waals surface area contributed by atoms with Crippen molar-refractivity contribution in [3.8, 4) is 22.3 Å². The number of aryl methyl sites for hydroxylation is 2. The van der Waals surface area contributed by atoms with Crippen molar-refractivity contribution in [3.63, 3.8) is 0 Å². The van der Waals surface area contributed by atoms with E-state index in [-0.39, 0.29) is 0 Å². The smallest absolute Gasteiger partial charge is 0.00235 e. The lowest BCUT2D eigenvalue weighted by Crippen LogP contribution is -2.04. The van der Waals surface area contributed by atoms with Gasteiger partial charge in [-0.1, -0.05) is 96.6 Å². The summed E-state index contributed by atoms with van der Waals surface area (Å²) in [6, 6.07) is 33.9. The summed E-state index contributed by atoms with van der Waals surface area (Å²) >= 11 is 0. The quantitative estimate of drug-likeness (QED) is 0.261. The molecule has 0 radical (unpaired) electrons. The van der Waals surface area contributed by atoms with Crippen LogP contribution in [0.2, 0.25) is 0 Å². The average molecular weight is 399 g/mol. The zero-order chi connectivity index (χ0) is 20.8. The van der Waals surface area contributed by atoms with Gasteiger partial charge in [0.2, 0.25) is 0 Å². The normalized spacial score (nSPS) is 13.5. The first-order chi connectivity index (χ1) is 15.3. The molecule has 0 saturated heterocycles. The summed E-state index contributed by atoms with van der Waals surface area (Å²) in [7, 11) is 0. The zero-order valence-electron chi connectivity index (χ0n) is 18.0. The Morgan fingerprint density at radius 3 is 1.74 bits per heavy atom. The standard InChI is InChI=1S/C31H26/c1-21-17-19-23(20-18-21)30-26-12-4-6-14-28(26)31(29-15-7-5-13-27(29)30)25-16-8-10-22-9-2-3-11-24(22)25/h4-8,10,12-20H,2-3,9,11H2,1H3. The summed E-state index contributed by atoms with van der Waals surface area (Å²) in [5.41, 5.74) is 9.87. The predicted octanol–water partition coefficient (Wildman–Crippen LogP) is 8.51. The fourth-order valence-electron chi connectivity index (χ4n) is 5.47. The van der Waals surface area contributed by atoms with E-state index in [0.717, 1.165) is 0 Å². The van der Waals surface area contributed by atoms with Crippen LogP contribution in [-0.4, -0.2) is 0 Å². The van der Waals surface area contributed by atoms with Gasteiger partial charge in [0.15, 0.2) is 0 Å². The van der Waals surface area contributed by atoms with E-state index in [1.54, 1.807) is 11.1 Å². The molecule has 5 aromatic carbocycles. The molecule has 1 aliphatic carbocycles. The van der Waals surface area contributed by atoms with Crippen LogP contribution < -0.4 is 0 Å². The SMILES string of the molecule is Cc1ccc(-c2c3ccccc3c(-c3cccc4c3CCCC4)c3ccccc23)cc1. The molecule has 0 atom stereocenters. The second kappa shape index (κ2) is 7.39. The molecule has 0 saturated carbocycles. The van der Waals surface area contributed by atoms with Gasteiger partial charge < -0.3 is 0 Å². The predicted molar refractivity (Wildman–Crippen MR) is 134 cm³/mol. The lowest BCUT2D eigenvalue weighted by molar-refractivity contribution is 0.687. The van der Waals surface area contributed by atoms with Crippen LogP contribution in [0.1, 0.15) is 29.5 Å². The summed E-state index contributed by atoms with van der Waals surface area (Å²) in [6.07, 6.45) is 5.00. The molecule has 31 heavy (non-hydrogen) atoms. The number of fused-ring (bicyclic) bond motifs is 3. The van der Waals surface area contributed by atoms with E-state index in [1.807, 2.05) is 0 Å². The van der Waals surface area contributed by atoms with Crippen molar-refractivity contribution in [2.24, 2.45) is 0 Å². The van der Waals surface area contributed by atoms with Crippen molar-refractivity contribution in [3.05, 3.63) is 108 Å². The van der Waals surface area contributed by atoms with Crippen molar-refractivity contribution < 1.29 is 0 Å². The van der Waals surface area contributed by atoms with Gasteiger partial charge in [0.05, 0.1) is 0 Å². The molecule has 0 fully saturated rings. The first kappa shape index (κ1) is 18.4. The molecule has 5 aromatic rings. The Morgan fingerprint density at radius 1 is 0.516 bits per heavy atom. The number of hydrogen-bond acceptors (Lipinski definition) is 0. The van der Waals surface area contributed by atoms with E-state index in [1.165, 1.54) is 75.0 Å². The first-order valence-corrected chi connectivity index (χ1v) is 11.4. The van der Waals surface area contributed by atoms with Crippen LogP contribution >= 0.6 is 0 Å². The van der Waals surface area contributed by atoms with Crippen LogP contribution in [0.25, 0.3) is 43.8 Å². The van der Waals surface area contributed by atoms with Gasteiger partial charge in [-0.25, -0.2) is 0 Å². The van der Waals surface area contributed by atoms with Crippen molar-refractivity contribution in [2.45, 2.75) is 32.6 Å². The largest absolute Gasteiger partial charge is 0.0616 e. The summed E-state index contributed by atoms with van der Waals surface area (Å²) in [5.74, 6) is 0. The third-order valence-electron chi connectivity index (χ3n) is 6.94. The molecule has 0 amide bonds. The molecule has 150 valence electrons. The highest BCUT2D eigenvalue weighted by atomic mass is 14.2. The van der Waals surface area contributed by atoms with E-state index in [0.29, 0.717) is 0 Å². The van der Waals surface area contributed by atoms with Gasteiger partial charge in [-0.15, -0.1) is 0 Å². The van der Waals surface area contributed by atoms with E-state index in [2.05, 4.69) is 97.9 Å². The van der Waals surface area contributed by atoms with Gasteiger partial charge in [-0.3, -0.25) is 0 Å². The Morgan fingerprint density at radius 2 is 1.10 bits per heavy atom. The fourth-order valence-corrected chi connectivity index (χ4v) is 5.47. The second-order valence-corrected chi connectivity index (χ2v) is 8.86. The minimum atomic E-state index is 1.19. The Balaban J connectivity index is 1.77. The molecule has 6 rings (SSSR count). The van der Waals surface area contributed by atoms with Gasteiger partial charge in [0, 0.05) is 0 Å². The molecule has 0 nitrogen and oxygen atoms in total. The third-order valence-corrected chi connectivity index (χ3v) is 6.94. The van der Waals surface area contributed by atoms with E-state index in [9.17, 15) is 0 Å². The number of rotatable bonds is 2. The first-order valence-electron chi connectivity index (χ1n) is 11.4. The minimum absolute atomic E-state index is 1.19. The van der Waals surface area contributed by atoms with Crippen molar-refractivity contribution >= 4 is 21.5 Å². The highest BCUT2D eigenvalue weighted by Crippen LogP contribution is 2.45. The van der Waals surface area contributed by atoms with Crippen LogP contribution in [0.3, 0.4) is 0 Å². The highest BCUT2D eigenvalue weighted by Gasteiger charge is 2.20. The van der Waals surface area contributed by atoms with E-state index in [4.69, 9.17) is 0 Å². The Bertz CT molecular complexity index is 1360. The fraction of sp³-hybridized carbons (Fsp3) is 0.161. The molecule has 0 bridgehead atoms. The molecular weight excluding hydrogens is 372 g/mol. The number of hydrogen-bond donors (Lipinski definition) is 0. The number of benzene rings is 5. The van der Waals surface area contributed by atoms with Gasteiger partial charge in [-0.05, 0) is 87.5 Å². The molecular formula is C31H26. The summed E-state index contributed by atoms with van der Waals surface area (Å²) in [6.45, 7) is 2.15. The maximum Gasteiger partial charge on any atom is -0.00235 e. The maximum atomic E-state index is 2.35. The van der Waals surface area contributed by atoms with Crippen molar-refractivity contribution in [2.75, 3.05) is 0 Å². The van der Waals surface area contributed by atoms with Gasteiger partial charge in [0.25, 0.3) is 0 Å². The zero-order valence-corrected chi connectivity index (χ0v) is 18.0. The van der Waals surface area contributed by atoms with Gasteiger partial charge >= 0.3 is 0 Å². The summed E-state index contributed by atoms with van der Waals surface area (Å²) < 4.78 is 0. The Hall–Kier alpha value is -3.38. The monoisotopic (exact) mass is 398 g/mol. The van der Waals surface area contributed by atoms with Crippen LogP contribution in [0, 0.1) is 6.92 Å². The van der Waals surface area contributed by atoms with E-state index >= 15 is 0 Å². The topological polar surface area (TPSA) is 0 Å². The van der Waals surface area contributed by atoms with Crippen LogP contribution in [0.4, 0.5) is 0 Å².